The minimum Gasteiger partial charge on any atom is -0.393 e. The summed E-state index contributed by atoms with van der Waals surface area (Å²) in [5.41, 5.74) is 7.13. The highest BCUT2D eigenvalue weighted by Crippen LogP contribution is 2.29. The molecule has 0 spiro atoms. The minimum atomic E-state index is 0.00116. The molecular weight excluding hydrogens is 190 g/mol. The Morgan fingerprint density at radius 3 is 2.53 bits per heavy atom. The van der Waals surface area contributed by atoms with Gasteiger partial charge in [0.2, 0.25) is 0 Å². The van der Waals surface area contributed by atoms with Gasteiger partial charge >= 0.3 is 0 Å². The van der Waals surface area contributed by atoms with Crippen molar-refractivity contribution in [3.8, 4) is 0 Å². The fourth-order valence-corrected chi connectivity index (χ4v) is 2.59. The Bertz CT molecular complexity index is 410. The van der Waals surface area contributed by atoms with E-state index in [0.717, 1.165) is 25.1 Å². The van der Waals surface area contributed by atoms with Crippen molar-refractivity contribution in [2.24, 2.45) is 0 Å². The summed E-state index contributed by atoms with van der Waals surface area (Å²) < 4.78 is 3.89. The summed E-state index contributed by atoms with van der Waals surface area (Å²) >= 11 is 0. The maximum atomic E-state index is 12.0. The molecule has 84 valence electrons. The molecule has 0 bridgehead atoms. The number of nitrogen functional groups attached to an aromatic ring is 1. The van der Waals surface area contributed by atoms with Gasteiger partial charge in [-0.3, -0.25) is 9.48 Å². The van der Waals surface area contributed by atoms with Gasteiger partial charge in [-0.05, 0) is 26.7 Å². The lowest BCUT2D eigenvalue weighted by Gasteiger charge is -2.16. The van der Waals surface area contributed by atoms with E-state index in [-0.39, 0.29) is 5.56 Å². The molecule has 2 N–H and O–H groups in total. The minimum absolute atomic E-state index is 0.00116. The summed E-state index contributed by atoms with van der Waals surface area (Å²) in [5, 5.41) is 0. The van der Waals surface area contributed by atoms with E-state index in [1.165, 1.54) is 12.8 Å². The van der Waals surface area contributed by atoms with Gasteiger partial charge in [-0.1, -0.05) is 12.8 Å². The van der Waals surface area contributed by atoms with E-state index in [9.17, 15) is 4.79 Å². The molecule has 0 aliphatic heterocycles. The quantitative estimate of drug-likeness (QED) is 0.805. The van der Waals surface area contributed by atoms with Crippen LogP contribution in [0, 0.1) is 6.92 Å². The van der Waals surface area contributed by atoms with Gasteiger partial charge in [0.25, 0.3) is 5.56 Å². The normalized spacial score (nSPS) is 17.5. The second kappa shape index (κ2) is 3.76. The van der Waals surface area contributed by atoms with Crippen LogP contribution in [0.25, 0.3) is 0 Å². The van der Waals surface area contributed by atoms with Crippen LogP contribution >= 0.6 is 0 Å². The third kappa shape index (κ3) is 1.48. The van der Waals surface area contributed by atoms with Crippen LogP contribution in [0.4, 0.5) is 5.69 Å². The number of hydrogen-bond acceptors (Lipinski definition) is 2. The maximum absolute atomic E-state index is 12.0. The monoisotopic (exact) mass is 209 g/mol. The average molecular weight is 209 g/mol. The Morgan fingerprint density at radius 2 is 2.00 bits per heavy atom. The largest absolute Gasteiger partial charge is 0.393 e. The van der Waals surface area contributed by atoms with Gasteiger partial charge < -0.3 is 5.73 Å². The molecule has 1 aliphatic rings. The van der Waals surface area contributed by atoms with E-state index in [1.54, 1.807) is 0 Å². The molecule has 1 aliphatic carbocycles. The molecule has 1 saturated carbocycles. The summed E-state index contributed by atoms with van der Waals surface area (Å²) in [6.45, 7) is 4.79. The van der Waals surface area contributed by atoms with Gasteiger partial charge in [-0.15, -0.1) is 0 Å². The molecule has 4 heteroatoms. The Balaban J connectivity index is 2.53. The lowest BCUT2D eigenvalue weighted by Crippen LogP contribution is -2.27. The lowest BCUT2D eigenvalue weighted by molar-refractivity contribution is 0.368. The van der Waals surface area contributed by atoms with Gasteiger partial charge in [-0.2, -0.15) is 0 Å². The summed E-state index contributed by atoms with van der Waals surface area (Å²) in [4.78, 5) is 12.0. The predicted molar refractivity (Wildman–Crippen MR) is 61.0 cm³/mol. The summed E-state index contributed by atoms with van der Waals surface area (Å²) in [7, 11) is 0. The number of nitrogens with two attached hydrogens (primary N) is 1. The molecule has 15 heavy (non-hydrogen) atoms. The number of rotatable bonds is 2. The second-order valence-corrected chi connectivity index (χ2v) is 4.30. The SMILES string of the molecule is CCn1c(C)c(N)c(=O)n1C1CCCC1. The molecule has 0 aromatic carbocycles. The van der Waals surface area contributed by atoms with Crippen LogP contribution in [0.3, 0.4) is 0 Å². The van der Waals surface area contributed by atoms with E-state index in [1.807, 2.05) is 16.3 Å². The zero-order chi connectivity index (χ0) is 11.0. The van der Waals surface area contributed by atoms with Crippen LogP contribution in [-0.4, -0.2) is 9.36 Å². The van der Waals surface area contributed by atoms with Gasteiger partial charge in [-0.25, -0.2) is 4.68 Å². The Labute approximate surface area is 89.7 Å². The first-order valence-corrected chi connectivity index (χ1v) is 5.74. The van der Waals surface area contributed by atoms with Crippen LogP contribution in [0.5, 0.6) is 0 Å². The Kier molecular flexibility index (Phi) is 2.59. The van der Waals surface area contributed by atoms with Crippen LogP contribution in [0.1, 0.15) is 44.3 Å². The van der Waals surface area contributed by atoms with Crippen LogP contribution < -0.4 is 11.3 Å². The maximum Gasteiger partial charge on any atom is 0.290 e. The van der Waals surface area contributed by atoms with Crippen molar-refractivity contribution in [3.63, 3.8) is 0 Å². The first-order valence-electron chi connectivity index (χ1n) is 5.74. The van der Waals surface area contributed by atoms with Crippen molar-refractivity contribution in [1.82, 2.24) is 9.36 Å². The van der Waals surface area contributed by atoms with E-state index in [4.69, 9.17) is 5.73 Å². The predicted octanol–water partition coefficient (Wildman–Crippen LogP) is 1.68. The van der Waals surface area contributed by atoms with Gasteiger partial charge in [0.05, 0.1) is 11.7 Å². The van der Waals surface area contributed by atoms with Crippen LogP contribution in [0.15, 0.2) is 4.79 Å². The zero-order valence-corrected chi connectivity index (χ0v) is 9.49. The van der Waals surface area contributed by atoms with E-state index in [2.05, 4.69) is 6.92 Å². The molecule has 0 saturated heterocycles. The molecule has 1 fully saturated rings. The third-order valence-electron chi connectivity index (χ3n) is 3.45. The summed E-state index contributed by atoms with van der Waals surface area (Å²) in [5.74, 6) is 0. The van der Waals surface area contributed by atoms with Crippen molar-refractivity contribution in [2.45, 2.75) is 52.1 Å². The molecule has 2 rings (SSSR count). The summed E-state index contributed by atoms with van der Waals surface area (Å²) in [6.07, 6.45) is 4.68. The molecule has 0 atom stereocenters. The topological polar surface area (TPSA) is 52.9 Å². The lowest BCUT2D eigenvalue weighted by atomic mass is 10.2. The first-order chi connectivity index (χ1) is 7.16. The number of hydrogen-bond donors (Lipinski definition) is 1. The second-order valence-electron chi connectivity index (χ2n) is 4.30. The highest BCUT2D eigenvalue weighted by atomic mass is 16.1. The molecule has 0 amide bonds. The van der Waals surface area contributed by atoms with Crippen molar-refractivity contribution in [3.05, 3.63) is 16.0 Å². The average Bonchev–Trinajstić information content (AvgIpc) is 2.81. The molecule has 0 unspecified atom stereocenters. The standard InChI is InChI=1S/C11H19N3O/c1-3-13-8(2)10(12)11(15)14(13)9-6-4-5-7-9/h9H,3-7,12H2,1-2H3. The van der Waals surface area contributed by atoms with Crippen molar-refractivity contribution in [1.29, 1.82) is 0 Å². The molecule has 0 radical (unpaired) electrons. The molecule has 1 aromatic heterocycles. The van der Waals surface area contributed by atoms with E-state index in [0.29, 0.717) is 11.7 Å². The highest BCUT2D eigenvalue weighted by molar-refractivity contribution is 5.40. The fraction of sp³-hybridized carbons (Fsp3) is 0.727. The van der Waals surface area contributed by atoms with Gasteiger partial charge in [0.15, 0.2) is 0 Å². The number of nitrogens with zero attached hydrogens (tertiary/aromatic N) is 2. The molecular formula is C11H19N3O. The van der Waals surface area contributed by atoms with E-state index < -0.39 is 0 Å². The van der Waals surface area contributed by atoms with Crippen molar-refractivity contribution in [2.75, 3.05) is 5.73 Å². The third-order valence-corrected chi connectivity index (χ3v) is 3.45. The zero-order valence-electron chi connectivity index (χ0n) is 9.49. The fourth-order valence-electron chi connectivity index (χ4n) is 2.59. The van der Waals surface area contributed by atoms with Gasteiger partial charge in [0, 0.05) is 6.54 Å². The first kappa shape index (κ1) is 10.3. The number of aromatic nitrogens is 2. The van der Waals surface area contributed by atoms with Crippen LogP contribution in [-0.2, 0) is 6.54 Å². The number of anilines is 1. The molecule has 1 heterocycles. The van der Waals surface area contributed by atoms with Gasteiger partial charge in [0.1, 0.15) is 5.69 Å². The Morgan fingerprint density at radius 1 is 1.40 bits per heavy atom. The van der Waals surface area contributed by atoms with E-state index >= 15 is 0 Å². The highest BCUT2D eigenvalue weighted by Gasteiger charge is 2.23. The molecule has 1 aromatic rings. The van der Waals surface area contributed by atoms with Crippen molar-refractivity contribution < 1.29 is 0 Å². The smallest absolute Gasteiger partial charge is 0.290 e. The molecule has 4 nitrogen and oxygen atoms in total. The Hall–Kier alpha value is -1.19. The van der Waals surface area contributed by atoms with Crippen LogP contribution in [0.2, 0.25) is 0 Å². The van der Waals surface area contributed by atoms with Crippen molar-refractivity contribution >= 4 is 5.69 Å². The summed E-state index contributed by atoms with van der Waals surface area (Å²) in [6, 6.07) is 0.369.